The van der Waals surface area contributed by atoms with E-state index in [4.69, 9.17) is 0 Å². The number of carbonyl (C=O) groups is 1. The van der Waals surface area contributed by atoms with E-state index in [0.717, 1.165) is 16.8 Å². The Labute approximate surface area is 159 Å². The largest absolute Gasteiger partial charge is 0.344 e. The van der Waals surface area contributed by atoms with Gasteiger partial charge in [-0.15, -0.1) is 6.58 Å². The number of hydrogen-bond acceptors (Lipinski definition) is 3. The highest BCUT2D eigenvalue weighted by Crippen LogP contribution is 2.32. The van der Waals surface area contributed by atoms with Crippen molar-refractivity contribution in [2.24, 2.45) is 0 Å². The molecule has 1 N–H and O–H groups in total. The Kier molecular flexibility index (Phi) is 5.66. The smallest absolute Gasteiger partial charge is 0.266 e. The summed E-state index contributed by atoms with van der Waals surface area (Å²) in [5.41, 5.74) is 3.74. The number of rotatable bonds is 5. The van der Waals surface area contributed by atoms with Gasteiger partial charge in [-0.1, -0.05) is 48.6 Å². The second-order valence-electron chi connectivity index (χ2n) is 5.91. The third-order valence-electron chi connectivity index (χ3n) is 4.11. The molecular formula is C23H19N3O. The number of nitrogens with zero attached hydrogens (tertiary/aromatic N) is 2. The van der Waals surface area contributed by atoms with Gasteiger partial charge in [0.1, 0.15) is 11.6 Å². The Morgan fingerprint density at radius 1 is 1.15 bits per heavy atom. The fraction of sp³-hybridized carbons (Fsp3) is 0.0435. The molecule has 1 amide bonds. The zero-order valence-electron chi connectivity index (χ0n) is 14.8. The van der Waals surface area contributed by atoms with Crippen molar-refractivity contribution in [2.45, 2.75) is 0 Å². The first-order valence-electron chi connectivity index (χ1n) is 8.56. The highest BCUT2D eigenvalue weighted by atomic mass is 16.1. The van der Waals surface area contributed by atoms with Crippen LogP contribution in [0.15, 0.2) is 97.3 Å². The third-order valence-corrected chi connectivity index (χ3v) is 4.11. The van der Waals surface area contributed by atoms with Crippen LogP contribution in [-0.4, -0.2) is 12.5 Å². The van der Waals surface area contributed by atoms with Gasteiger partial charge in [0.2, 0.25) is 0 Å². The molecule has 1 aliphatic rings. The summed E-state index contributed by atoms with van der Waals surface area (Å²) in [4.78, 5) is 14.4. The maximum absolute atomic E-state index is 12.3. The molecule has 0 fully saturated rings. The Balaban J connectivity index is 1.87. The summed E-state index contributed by atoms with van der Waals surface area (Å²) >= 11 is 0. The van der Waals surface area contributed by atoms with E-state index in [1.807, 2.05) is 66.9 Å². The molecule has 0 spiro atoms. The van der Waals surface area contributed by atoms with E-state index in [0.29, 0.717) is 12.2 Å². The molecule has 4 heteroatoms. The monoisotopic (exact) mass is 353 g/mol. The zero-order valence-corrected chi connectivity index (χ0v) is 14.8. The van der Waals surface area contributed by atoms with Crippen molar-refractivity contribution in [3.63, 3.8) is 0 Å². The van der Waals surface area contributed by atoms with Crippen LogP contribution in [0.4, 0.5) is 11.4 Å². The van der Waals surface area contributed by atoms with Gasteiger partial charge in [-0.05, 0) is 35.9 Å². The van der Waals surface area contributed by atoms with E-state index < -0.39 is 5.91 Å². The number of nitriles is 1. The van der Waals surface area contributed by atoms with Crippen molar-refractivity contribution in [1.29, 1.82) is 5.26 Å². The standard InChI is InChI=1S/C23H19N3O/c1-2-15-26-16-14-18(21-10-6-7-11-22(21)26)12-13-19(17-24)23(27)25-20-8-4-3-5-9-20/h2-14,16H,1,15H2,(H,25,27)/b18-12-,19-13-. The molecule has 0 aromatic heterocycles. The van der Waals surface area contributed by atoms with Crippen LogP contribution in [0.5, 0.6) is 0 Å². The predicted octanol–water partition coefficient (Wildman–Crippen LogP) is 4.68. The first kappa shape index (κ1) is 18.0. The molecule has 1 heterocycles. The lowest BCUT2D eigenvalue weighted by molar-refractivity contribution is -0.112. The van der Waals surface area contributed by atoms with E-state index in [9.17, 15) is 10.1 Å². The van der Waals surface area contributed by atoms with Crippen molar-refractivity contribution >= 4 is 22.9 Å². The average Bonchev–Trinajstić information content (AvgIpc) is 2.70. The number of allylic oxidation sites excluding steroid dienone is 4. The number of benzene rings is 2. The van der Waals surface area contributed by atoms with Crippen LogP contribution in [0.2, 0.25) is 0 Å². The minimum atomic E-state index is -0.429. The van der Waals surface area contributed by atoms with Gasteiger partial charge in [0.15, 0.2) is 0 Å². The molecule has 27 heavy (non-hydrogen) atoms. The number of anilines is 2. The molecule has 132 valence electrons. The molecular weight excluding hydrogens is 334 g/mol. The molecule has 0 unspecified atom stereocenters. The van der Waals surface area contributed by atoms with Crippen LogP contribution >= 0.6 is 0 Å². The van der Waals surface area contributed by atoms with Crippen LogP contribution in [0.3, 0.4) is 0 Å². The van der Waals surface area contributed by atoms with Gasteiger partial charge in [-0.25, -0.2) is 0 Å². The van der Waals surface area contributed by atoms with Gasteiger partial charge < -0.3 is 10.2 Å². The van der Waals surface area contributed by atoms with Gasteiger partial charge in [-0.2, -0.15) is 5.26 Å². The molecule has 0 saturated heterocycles. The molecule has 0 saturated carbocycles. The lowest BCUT2D eigenvalue weighted by Crippen LogP contribution is -2.19. The summed E-state index contributed by atoms with van der Waals surface area (Å²) in [6.45, 7) is 4.50. The van der Waals surface area contributed by atoms with Crippen LogP contribution in [-0.2, 0) is 4.79 Å². The van der Waals surface area contributed by atoms with Crippen molar-refractivity contribution in [2.75, 3.05) is 16.8 Å². The molecule has 2 aromatic rings. The van der Waals surface area contributed by atoms with Crippen LogP contribution in [0.1, 0.15) is 5.56 Å². The fourth-order valence-electron chi connectivity index (χ4n) is 2.81. The molecule has 1 aliphatic heterocycles. The van der Waals surface area contributed by atoms with E-state index >= 15 is 0 Å². The maximum Gasteiger partial charge on any atom is 0.266 e. The van der Waals surface area contributed by atoms with Gasteiger partial charge >= 0.3 is 0 Å². The quantitative estimate of drug-likeness (QED) is 0.482. The summed E-state index contributed by atoms with van der Waals surface area (Å²) in [5.74, 6) is -0.429. The predicted molar refractivity (Wildman–Crippen MR) is 110 cm³/mol. The molecule has 0 bridgehead atoms. The Morgan fingerprint density at radius 2 is 1.89 bits per heavy atom. The van der Waals surface area contributed by atoms with E-state index in [2.05, 4.69) is 16.8 Å². The van der Waals surface area contributed by atoms with E-state index in [1.165, 1.54) is 0 Å². The van der Waals surface area contributed by atoms with Crippen molar-refractivity contribution in [3.8, 4) is 6.07 Å². The molecule has 2 aromatic carbocycles. The number of hydrogen-bond donors (Lipinski definition) is 1. The SMILES string of the molecule is C=CCN1C=C/C(=C/C=C(/C#N)C(=O)Nc2ccccc2)c2ccccc21. The van der Waals surface area contributed by atoms with E-state index in [-0.39, 0.29) is 5.57 Å². The topological polar surface area (TPSA) is 56.1 Å². The highest BCUT2D eigenvalue weighted by Gasteiger charge is 2.15. The first-order valence-corrected chi connectivity index (χ1v) is 8.56. The number of fused-ring (bicyclic) bond motifs is 1. The summed E-state index contributed by atoms with van der Waals surface area (Å²) in [7, 11) is 0. The maximum atomic E-state index is 12.3. The van der Waals surface area contributed by atoms with E-state index in [1.54, 1.807) is 24.3 Å². The Bertz CT molecular complexity index is 978. The summed E-state index contributed by atoms with van der Waals surface area (Å²) in [5, 5.41) is 12.1. The zero-order chi connectivity index (χ0) is 19.1. The number of nitrogens with one attached hydrogen (secondary N) is 1. The lowest BCUT2D eigenvalue weighted by Gasteiger charge is -2.26. The molecule has 3 rings (SSSR count). The van der Waals surface area contributed by atoms with Crippen LogP contribution in [0, 0.1) is 11.3 Å². The average molecular weight is 353 g/mol. The molecule has 0 aliphatic carbocycles. The summed E-state index contributed by atoms with van der Waals surface area (Å²) in [6.07, 6.45) is 9.13. The van der Waals surface area contributed by atoms with Gasteiger partial charge in [0.25, 0.3) is 5.91 Å². The molecule has 0 radical (unpaired) electrons. The normalized spacial score (nSPS) is 14.4. The van der Waals surface area contributed by atoms with Crippen LogP contribution in [0.25, 0.3) is 5.57 Å². The number of carbonyl (C=O) groups excluding carboxylic acids is 1. The Morgan fingerprint density at radius 3 is 2.63 bits per heavy atom. The first-order chi connectivity index (χ1) is 13.2. The minimum absolute atomic E-state index is 0.0470. The van der Waals surface area contributed by atoms with Gasteiger partial charge in [0, 0.05) is 29.7 Å². The number of para-hydroxylation sites is 2. The van der Waals surface area contributed by atoms with Gasteiger partial charge in [0.05, 0.1) is 0 Å². The number of amides is 1. The fourth-order valence-corrected chi connectivity index (χ4v) is 2.81. The van der Waals surface area contributed by atoms with Gasteiger partial charge in [-0.3, -0.25) is 4.79 Å². The van der Waals surface area contributed by atoms with Crippen molar-refractivity contribution < 1.29 is 4.79 Å². The third kappa shape index (κ3) is 4.23. The highest BCUT2D eigenvalue weighted by molar-refractivity contribution is 6.07. The second-order valence-corrected chi connectivity index (χ2v) is 5.91. The summed E-state index contributed by atoms with van der Waals surface area (Å²) in [6, 6.07) is 19.0. The lowest BCUT2D eigenvalue weighted by atomic mass is 9.99. The Hall–Kier alpha value is -3.84. The van der Waals surface area contributed by atoms with Crippen molar-refractivity contribution in [3.05, 3.63) is 103 Å². The van der Waals surface area contributed by atoms with Crippen molar-refractivity contribution in [1.82, 2.24) is 0 Å². The molecule has 4 nitrogen and oxygen atoms in total. The van der Waals surface area contributed by atoms with Crippen LogP contribution < -0.4 is 10.2 Å². The summed E-state index contributed by atoms with van der Waals surface area (Å²) < 4.78 is 0. The molecule has 0 atom stereocenters. The minimum Gasteiger partial charge on any atom is -0.344 e. The second kappa shape index (κ2) is 8.50.